The summed E-state index contributed by atoms with van der Waals surface area (Å²) < 4.78 is 0. The molecule has 3 atom stereocenters. The molecule has 0 radical (unpaired) electrons. The van der Waals surface area contributed by atoms with Crippen molar-refractivity contribution in [2.24, 2.45) is 17.6 Å². The van der Waals surface area contributed by atoms with Gasteiger partial charge in [-0.25, -0.2) is 0 Å². The fourth-order valence-corrected chi connectivity index (χ4v) is 4.50. The lowest BCUT2D eigenvalue weighted by Crippen LogP contribution is -2.48. The van der Waals surface area contributed by atoms with Crippen molar-refractivity contribution in [2.45, 2.75) is 38.1 Å². The quantitative estimate of drug-likeness (QED) is 0.677. The van der Waals surface area contributed by atoms with E-state index in [-0.39, 0.29) is 29.6 Å². The molecule has 0 bridgehead atoms. The zero-order valence-corrected chi connectivity index (χ0v) is 16.7. The Morgan fingerprint density at radius 3 is 2.21 bits per heavy atom. The van der Waals surface area contributed by atoms with Crippen LogP contribution < -0.4 is 11.1 Å². The van der Waals surface area contributed by atoms with Crippen LogP contribution in [0.5, 0.6) is 0 Å². The van der Waals surface area contributed by atoms with Gasteiger partial charge in [0.05, 0.1) is 11.8 Å². The fraction of sp³-hybridized carbons (Fsp3) is 0.500. The molecule has 1 heterocycles. The van der Waals surface area contributed by atoms with Crippen LogP contribution in [-0.2, 0) is 14.4 Å². The van der Waals surface area contributed by atoms with E-state index >= 15 is 0 Å². The van der Waals surface area contributed by atoms with Crippen molar-refractivity contribution in [1.29, 1.82) is 0 Å². The topological polar surface area (TPSA) is 110 Å². The number of benzene rings is 1. The zero-order chi connectivity index (χ0) is 20.3. The van der Waals surface area contributed by atoms with E-state index in [4.69, 9.17) is 5.73 Å². The molecule has 1 aromatic carbocycles. The van der Waals surface area contributed by atoms with Crippen LogP contribution in [0, 0.1) is 11.8 Å². The smallest absolute Gasteiger partial charge is 0.248 e. The van der Waals surface area contributed by atoms with Crippen molar-refractivity contribution in [3.8, 4) is 0 Å². The number of nitrogens with one attached hydrogen (secondary N) is 1. The number of amides is 4. The minimum atomic E-state index is -0.825. The lowest BCUT2D eigenvalue weighted by molar-refractivity contribution is -0.146. The van der Waals surface area contributed by atoms with E-state index in [1.807, 2.05) is 6.26 Å². The van der Waals surface area contributed by atoms with Gasteiger partial charge in [0.1, 0.15) is 6.04 Å². The van der Waals surface area contributed by atoms with Crippen LogP contribution in [0.15, 0.2) is 24.3 Å². The fourth-order valence-electron chi connectivity index (χ4n) is 4.05. The zero-order valence-electron chi connectivity index (χ0n) is 15.8. The van der Waals surface area contributed by atoms with Crippen LogP contribution >= 0.6 is 11.8 Å². The Balaban J connectivity index is 1.79. The predicted octanol–water partition coefficient (Wildman–Crippen LogP) is 2.02. The first-order valence-electron chi connectivity index (χ1n) is 9.50. The Hall–Kier alpha value is -2.35. The number of hydrogen-bond donors (Lipinski definition) is 2. The van der Waals surface area contributed by atoms with Gasteiger partial charge in [-0.15, -0.1) is 0 Å². The normalized spacial score (nSPS) is 22.7. The van der Waals surface area contributed by atoms with Crippen LogP contribution in [0.1, 0.15) is 42.5 Å². The van der Waals surface area contributed by atoms with E-state index in [9.17, 15) is 19.2 Å². The molecule has 3 unspecified atom stereocenters. The lowest BCUT2D eigenvalue weighted by atomic mass is 9.81. The second kappa shape index (κ2) is 8.77. The van der Waals surface area contributed by atoms with Gasteiger partial charge in [-0.1, -0.05) is 12.8 Å². The molecule has 0 spiro atoms. The van der Waals surface area contributed by atoms with Crippen molar-refractivity contribution in [1.82, 2.24) is 4.90 Å². The minimum Gasteiger partial charge on any atom is -0.366 e. The molecule has 28 heavy (non-hydrogen) atoms. The average Bonchev–Trinajstić information content (AvgIpc) is 2.94. The Morgan fingerprint density at radius 2 is 1.71 bits per heavy atom. The van der Waals surface area contributed by atoms with Crippen LogP contribution in [0.3, 0.4) is 0 Å². The van der Waals surface area contributed by atoms with Crippen LogP contribution in [-0.4, -0.2) is 46.6 Å². The minimum absolute atomic E-state index is 0.208. The number of likely N-dealkylation sites (tertiary alicyclic amines) is 1. The molecule has 2 fully saturated rings. The number of nitrogens with zero attached hydrogens (tertiary/aromatic N) is 1. The molecule has 4 amide bonds. The summed E-state index contributed by atoms with van der Waals surface area (Å²) in [5.41, 5.74) is 6.05. The van der Waals surface area contributed by atoms with Gasteiger partial charge in [0.2, 0.25) is 23.6 Å². The number of carbonyl (C=O) groups excluding carboxylic acids is 4. The van der Waals surface area contributed by atoms with Gasteiger partial charge in [-0.3, -0.25) is 24.1 Å². The number of fused-ring (bicyclic) bond motifs is 1. The monoisotopic (exact) mass is 403 g/mol. The predicted molar refractivity (Wildman–Crippen MR) is 108 cm³/mol. The van der Waals surface area contributed by atoms with Crippen molar-refractivity contribution in [3.63, 3.8) is 0 Å². The van der Waals surface area contributed by atoms with Gasteiger partial charge in [0.15, 0.2) is 0 Å². The van der Waals surface area contributed by atoms with E-state index in [0.29, 0.717) is 23.4 Å². The van der Waals surface area contributed by atoms with Crippen LogP contribution in [0.25, 0.3) is 0 Å². The molecular formula is C20H25N3O4S. The maximum Gasteiger partial charge on any atom is 0.248 e. The summed E-state index contributed by atoms with van der Waals surface area (Å²) in [7, 11) is 0. The third kappa shape index (κ3) is 4.06. The third-order valence-corrected chi connectivity index (χ3v) is 6.17. The van der Waals surface area contributed by atoms with Crippen molar-refractivity contribution >= 4 is 41.1 Å². The SMILES string of the molecule is CSCCC(C(=O)Nc1ccc(C(N)=O)cc1)N1C(=O)C2CCCCC2C1=O. The summed E-state index contributed by atoms with van der Waals surface area (Å²) in [5, 5.41) is 2.77. The number of nitrogens with two attached hydrogens (primary N) is 1. The molecule has 1 saturated heterocycles. The Bertz CT molecular complexity index is 756. The molecule has 1 aromatic rings. The van der Waals surface area contributed by atoms with Crippen LogP contribution in [0.2, 0.25) is 0 Å². The Morgan fingerprint density at radius 1 is 1.14 bits per heavy atom. The second-order valence-corrected chi connectivity index (χ2v) is 8.26. The van der Waals surface area contributed by atoms with Crippen molar-refractivity contribution < 1.29 is 19.2 Å². The Kier molecular flexibility index (Phi) is 6.39. The number of hydrogen-bond acceptors (Lipinski definition) is 5. The van der Waals surface area contributed by atoms with E-state index in [1.165, 1.54) is 17.0 Å². The first kappa shape index (κ1) is 20.4. The number of imide groups is 1. The van der Waals surface area contributed by atoms with Gasteiger partial charge in [0.25, 0.3) is 0 Å². The molecule has 2 aliphatic rings. The van der Waals surface area contributed by atoms with Crippen molar-refractivity contribution in [3.05, 3.63) is 29.8 Å². The summed E-state index contributed by atoms with van der Waals surface area (Å²) in [6.45, 7) is 0. The van der Waals surface area contributed by atoms with Gasteiger partial charge >= 0.3 is 0 Å². The number of anilines is 1. The van der Waals surface area contributed by atoms with Gasteiger partial charge in [-0.2, -0.15) is 11.8 Å². The van der Waals surface area contributed by atoms with E-state index < -0.39 is 11.9 Å². The highest BCUT2D eigenvalue weighted by Crippen LogP contribution is 2.39. The highest BCUT2D eigenvalue weighted by atomic mass is 32.2. The summed E-state index contributed by atoms with van der Waals surface area (Å²) in [4.78, 5) is 51.2. The molecule has 1 saturated carbocycles. The molecule has 3 N–H and O–H groups in total. The summed E-state index contributed by atoms with van der Waals surface area (Å²) in [6, 6.07) is 5.38. The Labute approximate surface area is 168 Å². The number of primary amides is 1. The van der Waals surface area contributed by atoms with Gasteiger partial charge < -0.3 is 11.1 Å². The standard InChI is InChI=1S/C20H25N3O4S/c1-28-11-10-16(18(25)22-13-8-6-12(7-9-13)17(21)24)23-19(26)14-4-2-3-5-15(14)20(23)27/h6-9,14-16H,2-5,10-11H2,1H3,(H2,21,24)(H,22,25). The highest BCUT2D eigenvalue weighted by molar-refractivity contribution is 7.98. The summed E-state index contributed by atoms with van der Waals surface area (Å²) in [6.07, 6.45) is 5.66. The number of carbonyl (C=O) groups is 4. The van der Waals surface area contributed by atoms with Gasteiger partial charge in [0, 0.05) is 11.3 Å². The maximum absolute atomic E-state index is 13.0. The average molecular weight is 404 g/mol. The first-order chi connectivity index (χ1) is 13.4. The molecule has 1 aliphatic carbocycles. The van der Waals surface area contributed by atoms with Crippen LogP contribution in [0.4, 0.5) is 5.69 Å². The largest absolute Gasteiger partial charge is 0.366 e. The third-order valence-electron chi connectivity index (χ3n) is 5.52. The molecule has 3 rings (SSSR count). The second-order valence-electron chi connectivity index (χ2n) is 7.27. The summed E-state index contributed by atoms with van der Waals surface area (Å²) >= 11 is 1.56. The summed E-state index contributed by atoms with van der Waals surface area (Å²) in [5.74, 6) is -1.25. The maximum atomic E-state index is 13.0. The lowest BCUT2D eigenvalue weighted by Gasteiger charge is -2.26. The van der Waals surface area contributed by atoms with E-state index in [0.717, 1.165) is 25.7 Å². The van der Waals surface area contributed by atoms with E-state index in [2.05, 4.69) is 5.32 Å². The molecule has 0 aromatic heterocycles. The van der Waals surface area contributed by atoms with E-state index in [1.54, 1.807) is 23.9 Å². The number of thioether (sulfide) groups is 1. The van der Waals surface area contributed by atoms with Gasteiger partial charge in [-0.05, 0) is 55.5 Å². The first-order valence-corrected chi connectivity index (χ1v) is 10.9. The molecule has 150 valence electrons. The highest BCUT2D eigenvalue weighted by Gasteiger charge is 2.51. The van der Waals surface area contributed by atoms with Crippen molar-refractivity contribution in [2.75, 3.05) is 17.3 Å². The molecular weight excluding hydrogens is 378 g/mol. The molecule has 7 nitrogen and oxygen atoms in total. The molecule has 8 heteroatoms. The molecule has 1 aliphatic heterocycles. The number of rotatable bonds is 7.